The summed E-state index contributed by atoms with van der Waals surface area (Å²) in [4.78, 5) is 28.3. The molecule has 25 heavy (non-hydrogen) atoms. The van der Waals surface area contributed by atoms with Crippen LogP contribution in [-0.4, -0.2) is 42.1 Å². The van der Waals surface area contributed by atoms with E-state index in [1.165, 1.54) is 12.1 Å². The van der Waals surface area contributed by atoms with E-state index in [4.69, 9.17) is 4.74 Å². The molecule has 2 atom stereocenters. The molecular formula is C19H21FN2O3. The molecule has 0 saturated carbocycles. The Bertz CT molecular complexity index is 805. The summed E-state index contributed by atoms with van der Waals surface area (Å²) in [6.07, 6.45) is 1.15. The molecule has 0 aliphatic carbocycles. The lowest BCUT2D eigenvalue weighted by atomic mass is 9.88. The van der Waals surface area contributed by atoms with Gasteiger partial charge in [0.15, 0.2) is 0 Å². The predicted molar refractivity (Wildman–Crippen MR) is 92.0 cm³/mol. The Morgan fingerprint density at radius 3 is 2.80 bits per heavy atom. The fourth-order valence-electron chi connectivity index (χ4n) is 3.39. The Kier molecular flexibility index (Phi) is 5.28. The highest BCUT2D eigenvalue weighted by molar-refractivity contribution is 5.92. The van der Waals surface area contributed by atoms with Gasteiger partial charge in [0.25, 0.3) is 5.91 Å². The summed E-state index contributed by atoms with van der Waals surface area (Å²) >= 11 is 0. The molecule has 132 valence electrons. The van der Waals surface area contributed by atoms with Crippen molar-refractivity contribution in [2.24, 2.45) is 5.92 Å². The number of H-pyrrole nitrogens is 1. The van der Waals surface area contributed by atoms with Gasteiger partial charge in [-0.15, -0.1) is 0 Å². The molecule has 1 aromatic carbocycles. The Morgan fingerprint density at radius 2 is 2.08 bits per heavy atom. The fourth-order valence-corrected chi connectivity index (χ4v) is 3.39. The minimum atomic E-state index is -0.305. The standard InChI is InChI=1S/C19H21FN2O3/c1-25-17-9-10-22(19(24)16-7-4-8-18(23)21-16)12-14(17)11-13-5-2-3-6-15(13)20/h2-8,14,17H,9-12H2,1H3,(H,21,23)/t14-,17-/m1/s1. The van der Waals surface area contributed by atoms with Gasteiger partial charge in [0.05, 0.1) is 6.10 Å². The summed E-state index contributed by atoms with van der Waals surface area (Å²) in [5.41, 5.74) is 0.588. The van der Waals surface area contributed by atoms with Gasteiger partial charge in [-0.1, -0.05) is 24.3 Å². The van der Waals surface area contributed by atoms with E-state index in [9.17, 15) is 14.0 Å². The quantitative estimate of drug-likeness (QED) is 0.925. The van der Waals surface area contributed by atoms with Crippen LogP contribution in [0, 0.1) is 11.7 Å². The second-order valence-electron chi connectivity index (χ2n) is 6.30. The Morgan fingerprint density at radius 1 is 1.28 bits per heavy atom. The molecule has 1 aromatic heterocycles. The average Bonchev–Trinajstić information content (AvgIpc) is 2.63. The van der Waals surface area contributed by atoms with Crippen molar-refractivity contribution in [2.45, 2.75) is 18.9 Å². The van der Waals surface area contributed by atoms with E-state index in [-0.39, 0.29) is 35.0 Å². The summed E-state index contributed by atoms with van der Waals surface area (Å²) in [5, 5.41) is 0. The third kappa shape index (κ3) is 3.96. The van der Waals surface area contributed by atoms with Gasteiger partial charge in [0.2, 0.25) is 5.56 Å². The van der Waals surface area contributed by atoms with Gasteiger partial charge < -0.3 is 14.6 Å². The number of aromatic nitrogens is 1. The molecule has 1 saturated heterocycles. The molecule has 1 aliphatic heterocycles. The van der Waals surface area contributed by atoms with Crippen LogP contribution in [0.4, 0.5) is 4.39 Å². The van der Waals surface area contributed by atoms with Crippen molar-refractivity contribution < 1.29 is 13.9 Å². The molecule has 3 rings (SSSR count). The molecule has 0 bridgehead atoms. The predicted octanol–water partition coefficient (Wildman–Crippen LogP) is 2.23. The first-order valence-corrected chi connectivity index (χ1v) is 8.33. The van der Waals surface area contributed by atoms with Crippen LogP contribution >= 0.6 is 0 Å². The lowest BCUT2D eigenvalue weighted by Crippen LogP contribution is -2.47. The molecule has 1 amide bonds. The summed E-state index contributed by atoms with van der Waals surface area (Å²) < 4.78 is 19.5. The van der Waals surface area contributed by atoms with Gasteiger partial charge in [0, 0.05) is 32.2 Å². The number of hydrogen-bond donors (Lipinski definition) is 1. The minimum absolute atomic E-state index is 0.00460. The summed E-state index contributed by atoms with van der Waals surface area (Å²) in [6, 6.07) is 11.2. The maximum atomic E-state index is 14.0. The lowest BCUT2D eigenvalue weighted by molar-refractivity contribution is -0.00339. The number of aromatic amines is 1. The highest BCUT2D eigenvalue weighted by atomic mass is 19.1. The zero-order valence-corrected chi connectivity index (χ0v) is 14.1. The first-order chi connectivity index (χ1) is 12.1. The number of likely N-dealkylation sites (tertiary alicyclic amines) is 1. The van der Waals surface area contributed by atoms with Crippen LogP contribution in [0.25, 0.3) is 0 Å². The van der Waals surface area contributed by atoms with Gasteiger partial charge in [-0.2, -0.15) is 0 Å². The molecule has 1 aliphatic rings. The van der Waals surface area contributed by atoms with E-state index in [0.29, 0.717) is 31.5 Å². The van der Waals surface area contributed by atoms with Crippen molar-refractivity contribution in [2.75, 3.05) is 20.2 Å². The number of nitrogens with one attached hydrogen (secondary N) is 1. The van der Waals surface area contributed by atoms with E-state index in [1.807, 2.05) is 0 Å². The van der Waals surface area contributed by atoms with E-state index >= 15 is 0 Å². The van der Waals surface area contributed by atoms with Crippen LogP contribution in [0.5, 0.6) is 0 Å². The molecule has 6 heteroatoms. The zero-order valence-electron chi connectivity index (χ0n) is 14.1. The number of halogens is 1. The van der Waals surface area contributed by atoms with E-state index in [0.717, 1.165) is 0 Å². The Hall–Kier alpha value is -2.47. The summed E-state index contributed by atoms with van der Waals surface area (Å²) in [6.45, 7) is 1.00. The first-order valence-electron chi connectivity index (χ1n) is 8.33. The zero-order chi connectivity index (χ0) is 17.8. The molecule has 5 nitrogen and oxygen atoms in total. The van der Waals surface area contributed by atoms with Crippen molar-refractivity contribution >= 4 is 5.91 Å². The number of hydrogen-bond acceptors (Lipinski definition) is 3. The lowest BCUT2D eigenvalue weighted by Gasteiger charge is -2.38. The van der Waals surface area contributed by atoms with Crippen LogP contribution in [0.3, 0.4) is 0 Å². The van der Waals surface area contributed by atoms with Gasteiger partial charge in [0.1, 0.15) is 11.5 Å². The second kappa shape index (κ2) is 7.61. The first kappa shape index (κ1) is 17.4. The smallest absolute Gasteiger partial charge is 0.270 e. The van der Waals surface area contributed by atoms with Crippen LogP contribution in [0.1, 0.15) is 22.5 Å². The molecule has 1 N–H and O–H groups in total. The van der Waals surface area contributed by atoms with Crippen LogP contribution in [0.15, 0.2) is 47.3 Å². The number of methoxy groups -OCH3 is 1. The van der Waals surface area contributed by atoms with E-state index in [2.05, 4.69) is 4.98 Å². The summed E-state index contributed by atoms with van der Waals surface area (Å²) in [5.74, 6) is -0.464. The summed E-state index contributed by atoms with van der Waals surface area (Å²) in [7, 11) is 1.64. The van der Waals surface area contributed by atoms with Gasteiger partial charge in [-0.3, -0.25) is 9.59 Å². The second-order valence-corrected chi connectivity index (χ2v) is 6.30. The van der Waals surface area contributed by atoms with Crippen LogP contribution < -0.4 is 5.56 Å². The van der Waals surface area contributed by atoms with Crippen molar-refractivity contribution in [1.82, 2.24) is 9.88 Å². The number of benzene rings is 1. The largest absolute Gasteiger partial charge is 0.381 e. The molecule has 2 heterocycles. The van der Waals surface area contributed by atoms with Crippen LogP contribution in [-0.2, 0) is 11.2 Å². The van der Waals surface area contributed by atoms with Crippen molar-refractivity contribution in [3.8, 4) is 0 Å². The molecular weight excluding hydrogens is 323 g/mol. The number of carbonyl (C=O) groups is 1. The highest BCUT2D eigenvalue weighted by Crippen LogP contribution is 2.25. The molecule has 0 unspecified atom stereocenters. The van der Waals surface area contributed by atoms with Crippen molar-refractivity contribution in [1.29, 1.82) is 0 Å². The highest BCUT2D eigenvalue weighted by Gasteiger charge is 2.32. The number of amides is 1. The minimum Gasteiger partial charge on any atom is -0.381 e. The molecule has 0 radical (unpaired) electrons. The van der Waals surface area contributed by atoms with Crippen molar-refractivity contribution in [3.63, 3.8) is 0 Å². The average molecular weight is 344 g/mol. The number of ether oxygens (including phenoxy) is 1. The van der Waals surface area contributed by atoms with E-state index in [1.54, 1.807) is 42.3 Å². The van der Waals surface area contributed by atoms with Crippen molar-refractivity contribution in [3.05, 3.63) is 69.9 Å². The third-order valence-electron chi connectivity index (χ3n) is 4.69. The molecule has 1 fully saturated rings. The number of carbonyl (C=O) groups excluding carboxylic acids is 1. The number of rotatable bonds is 4. The Balaban J connectivity index is 1.77. The maximum absolute atomic E-state index is 14.0. The number of pyridine rings is 1. The molecule has 0 spiro atoms. The maximum Gasteiger partial charge on any atom is 0.270 e. The Labute approximate surface area is 145 Å². The number of piperidine rings is 1. The fraction of sp³-hybridized carbons (Fsp3) is 0.368. The SMILES string of the molecule is CO[C@@H]1CCN(C(=O)c2cccc(=O)[nH]2)C[C@H]1Cc1ccccc1F. The van der Waals surface area contributed by atoms with Gasteiger partial charge >= 0.3 is 0 Å². The third-order valence-corrected chi connectivity index (χ3v) is 4.69. The van der Waals surface area contributed by atoms with E-state index < -0.39 is 0 Å². The van der Waals surface area contributed by atoms with Crippen LogP contribution in [0.2, 0.25) is 0 Å². The monoisotopic (exact) mass is 344 g/mol. The van der Waals surface area contributed by atoms with Gasteiger partial charge in [-0.05, 0) is 30.5 Å². The topological polar surface area (TPSA) is 62.4 Å². The van der Waals surface area contributed by atoms with Gasteiger partial charge in [-0.25, -0.2) is 4.39 Å². The normalized spacial score (nSPS) is 20.5. The molecule has 2 aromatic rings. The number of nitrogens with zero attached hydrogens (tertiary/aromatic N) is 1.